The lowest BCUT2D eigenvalue weighted by atomic mass is 9.48. The summed E-state index contributed by atoms with van der Waals surface area (Å²) in [7, 11) is 1.50. The molecule has 0 bridgehead atoms. The highest BCUT2D eigenvalue weighted by Gasteiger charge is 2.67. The first-order valence-corrected chi connectivity index (χ1v) is 7.89. The molecule has 4 nitrogen and oxygen atoms in total. The summed E-state index contributed by atoms with van der Waals surface area (Å²) in [5, 5.41) is 0. The number of ether oxygens (including phenoxy) is 1. The number of likely N-dealkylation sites (tertiary alicyclic amines) is 1. The van der Waals surface area contributed by atoms with Gasteiger partial charge in [0, 0.05) is 19.6 Å². The molecular formula is C18H25NO3. The second-order valence-electron chi connectivity index (χ2n) is 7.54. The van der Waals surface area contributed by atoms with Crippen LogP contribution in [0.3, 0.4) is 0 Å². The summed E-state index contributed by atoms with van der Waals surface area (Å²) < 4.78 is 10.5. The van der Waals surface area contributed by atoms with E-state index in [1.165, 1.54) is 12.7 Å². The van der Waals surface area contributed by atoms with E-state index in [4.69, 9.17) is 9.15 Å². The molecule has 2 aliphatic rings. The fourth-order valence-corrected chi connectivity index (χ4v) is 4.60. The molecule has 1 aromatic rings. The van der Waals surface area contributed by atoms with Gasteiger partial charge in [0.15, 0.2) is 0 Å². The number of fused-ring (bicyclic) bond motifs is 1. The molecule has 4 heteroatoms. The van der Waals surface area contributed by atoms with Crippen LogP contribution in [0.15, 0.2) is 28.4 Å². The van der Waals surface area contributed by atoms with Gasteiger partial charge in [-0.05, 0) is 42.9 Å². The van der Waals surface area contributed by atoms with Crippen molar-refractivity contribution in [1.82, 2.24) is 4.90 Å². The van der Waals surface area contributed by atoms with Crippen molar-refractivity contribution in [3.8, 4) is 0 Å². The molecule has 0 unspecified atom stereocenters. The quantitative estimate of drug-likeness (QED) is 0.801. The lowest BCUT2D eigenvalue weighted by molar-refractivity contribution is -0.174. The molecule has 0 amide bonds. The Kier molecular flexibility index (Phi) is 3.68. The SMILES string of the molecule is COC(=O)[C@@]12CN(C/C(C)=C/c3ccco3)C[C@@H]1C(C)(C)C2. The molecule has 1 aliphatic heterocycles. The van der Waals surface area contributed by atoms with E-state index in [2.05, 4.69) is 31.7 Å². The zero-order valence-electron chi connectivity index (χ0n) is 13.9. The third kappa shape index (κ3) is 2.39. The Bertz CT molecular complexity index is 587. The smallest absolute Gasteiger partial charge is 0.313 e. The maximum absolute atomic E-state index is 12.3. The average molecular weight is 303 g/mol. The molecule has 22 heavy (non-hydrogen) atoms. The molecule has 0 N–H and O–H groups in total. The van der Waals surface area contributed by atoms with E-state index >= 15 is 0 Å². The van der Waals surface area contributed by atoms with Gasteiger partial charge in [-0.2, -0.15) is 0 Å². The van der Waals surface area contributed by atoms with E-state index < -0.39 is 0 Å². The predicted molar refractivity (Wildman–Crippen MR) is 85.1 cm³/mol. The van der Waals surface area contributed by atoms with Gasteiger partial charge in [-0.25, -0.2) is 0 Å². The second-order valence-corrected chi connectivity index (χ2v) is 7.54. The number of nitrogens with zero attached hydrogens (tertiary/aromatic N) is 1. The van der Waals surface area contributed by atoms with Crippen LogP contribution < -0.4 is 0 Å². The van der Waals surface area contributed by atoms with E-state index in [0.29, 0.717) is 5.92 Å². The van der Waals surface area contributed by atoms with Crippen LogP contribution in [0.25, 0.3) is 6.08 Å². The van der Waals surface area contributed by atoms with Gasteiger partial charge < -0.3 is 9.15 Å². The first-order valence-electron chi connectivity index (χ1n) is 7.89. The van der Waals surface area contributed by atoms with Gasteiger partial charge >= 0.3 is 5.97 Å². The summed E-state index contributed by atoms with van der Waals surface area (Å²) in [6.45, 7) is 9.26. The van der Waals surface area contributed by atoms with E-state index in [1.54, 1.807) is 6.26 Å². The zero-order chi connectivity index (χ0) is 16.0. The lowest BCUT2D eigenvalue weighted by Crippen LogP contribution is -2.57. The van der Waals surface area contributed by atoms with Gasteiger partial charge in [0.25, 0.3) is 0 Å². The van der Waals surface area contributed by atoms with Crippen molar-refractivity contribution in [2.24, 2.45) is 16.7 Å². The minimum atomic E-state index is -0.288. The molecule has 3 rings (SSSR count). The summed E-state index contributed by atoms with van der Waals surface area (Å²) in [6, 6.07) is 3.85. The summed E-state index contributed by atoms with van der Waals surface area (Å²) >= 11 is 0. The van der Waals surface area contributed by atoms with Crippen LogP contribution in [0.1, 0.15) is 33.0 Å². The maximum Gasteiger partial charge on any atom is 0.313 e. The molecule has 1 saturated heterocycles. The van der Waals surface area contributed by atoms with Crippen LogP contribution in [-0.2, 0) is 9.53 Å². The van der Waals surface area contributed by atoms with E-state index in [0.717, 1.165) is 31.8 Å². The average Bonchev–Trinajstić information content (AvgIpc) is 3.04. The van der Waals surface area contributed by atoms with E-state index in [1.807, 2.05) is 12.1 Å². The summed E-state index contributed by atoms with van der Waals surface area (Å²) in [5.41, 5.74) is 1.18. The lowest BCUT2D eigenvalue weighted by Gasteiger charge is -2.54. The predicted octanol–water partition coefficient (Wildman–Crippen LogP) is 3.20. The van der Waals surface area contributed by atoms with Crippen molar-refractivity contribution in [3.05, 3.63) is 29.7 Å². The molecule has 2 atom stereocenters. The molecule has 120 valence electrons. The molecule has 1 aromatic heterocycles. The highest BCUT2D eigenvalue weighted by molar-refractivity contribution is 5.80. The van der Waals surface area contributed by atoms with Crippen LogP contribution in [0.4, 0.5) is 0 Å². The number of hydrogen-bond donors (Lipinski definition) is 0. The van der Waals surface area contributed by atoms with Crippen LogP contribution in [0.5, 0.6) is 0 Å². The standard InChI is InChI=1S/C18H25NO3/c1-13(8-14-6-5-7-22-14)9-19-10-15-17(2,3)11-18(15,12-19)16(20)21-4/h5-8,15H,9-12H2,1-4H3/b13-8+/t15-,18+/m1/s1. The fourth-order valence-electron chi connectivity index (χ4n) is 4.60. The van der Waals surface area contributed by atoms with Gasteiger partial charge in [0.05, 0.1) is 18.8 Å². The van der Waals surface area contributed by atoms with Crippen molar-refractivity contribution >= 4 is 12.0 Å². The number of rotatable bonds is 4. The van der Waals surface area contributed by atoms with Crippen LogP contribution in [0, 0.1) is 16.7 Å². The highest BCUT2D eigenvalue weighted by Crippen LogP contribution is 2.63. The Labute approximate surface area is 132 Å². The van der Waals surface area contributed by atoms with Gasteiger partial charge in [-0.1, -0.05) is 19.4 Å². The van der Waals surface area contributed by atoms with E-state index in [9.17, 15) is 4.79 Å². The molecule has 0 aromatic carbocycles. The Morgan fingerprint density at radius 1 is 1.55 bits per heavy atom. The second kappa shape index (κ2) is 5.27. The van der Waals surface area contributed by atoms with Crippen molar-refractivity contribution < 1.29 is 13.9 Å². The highest BCUT2D eigenvalue weighted by atomic mass is 16.5. The molecule has 2 fully saturated rings. The molecule has 0 spiro atoms. The number of hydrogen-bond acceptors (Lipinski definition) is 4. The number of carbonyl (C=O) groups is 1. The molecule has 2 heterocycles. The van der Waals surface area contributed by atoms with Crippen molar-refractivity contribution in [1.29, 1.82) is 0 Å². The summed E-state index contributed by atoms with van der Waals surface area (Å²) in [5.74, 6) is 1.23. The van der Waals surface area contributed by atoms with Gasteiger partial charge in [0.1, 0.15) is 5.76 Å². The Morgan fingerprint density at radius 3 is 2.91 bits per heavy atom. The topological polar surface area (TPSA) is 42.7 Å². The molecule has 1 aliphatic carbocycles. The van der Waals surface area contributed by atoms with Crippen LogP contribution in [-0.4, -0.2) is 37.6 Å². The normalized spacial score (nSPS) is 30.7. The van der Waals surface area contributed by atoms with Gasteiger partial charge in [0.2, 0.25) is 0 Å². The minimum absolute atomic E-state index is 0.0352. The zero-order valence-corrected chi connectivity index (χ0v) is 13.9. The molecule has 1 saturated carbocycles. The Balaban J connectivity index is 1.71. The number of carbonyl (C=O) groups excluding carboxylic acids is 1. The number of furan rings is 1. The first kappa shape index (κ1) is 15.3. The monoisotopic (exact) mass is 303 g/mol. The molecule has 0 radical (unpaired) electrons. The van der Waals surface area contributed by atoms with Gasteiger partial charge in [-0.3, -0.25) is 9.69 Å². The number of methoxy groups -OCH3 is 1. The Morgan fingerprint density at radius 2 is 2.32 bits per heavy atom. The summed E-state index contributed by atoms with van der Waals surface area (Å²) in [4.78, 5) is 14.7. The van der Waals surface area contributed by atoms with E-state index in [-0.39, 0.29) is 16.8 Å². The van der Waals surface area contributed by atoms with Crippen LogP contribution >= 0.6 is 0 Å². The summed E-state index contributed by atoms with van der Waals surface area (Å²) in [6.07, 6.45) is 4.68. The third-order valence-corrected chi connectivity index (χ3v) is 5.32. The Hall–Kier alpha value is -1.55. The largest absolute Gasteiger partial charge is 0.469 e. The van der Waals surface area contributed by atoms with Crippen molar-refractivity contribution in [3.63, 3.8) is 0 Å². The maximum atomic E-state index is 12.3. The van der Waals surface area contributed by atoms with Crippen molar-refractivity contribution in [2.45, 2.75) is 27.2 Å². The van der Waals surface area contributed by atoms with Gasteiger partial charge in [-0.15, -0.1) is 0 Å². The van der Waals surface area contributed by atoms with Crippen LogP contribution in [0.2, 0.25) is 0 Å². The first-order chi connectivity index (χ1) is 10.4. The molecular weight excluding hydrogens is 278 g/mol. The minimum Gasteiger partial charge on any atom is -0.469 e. The van der Waals surface area contributed by atoms with Crippen molar-refractivity contribution in [2.75, 3.05) is 26.7 Å². The fraction of sp³-hybridized carbons (Fsp3) is 0.611. The third-order valence-electron chi connectivity index (χ3n) is 5.32. The number of esters is 1.